The zero-order valence-corrected chi connectivity index (χ0v) is 10.4. The van der Waals surface area contributed by atoms with Gasteiger partial charge < -0.3 is 0 Å². The zero-order chi connectivity index (χ0) is 12.4. The molecule has 0 aliphatic heterocycles. The molecule has 0 saturated heterocycles. The first kappa shape index (κ1) is 11.4. The summed E-state index contributed by atoms with van der Waals surface area (Å²) >= 11 is 0. The minimum atomic E-state index is 0.413. The van der Waals surface area contributed by atoms with Gasteiger partial charge in [0.2, 0.25) is 0 Å². The summed E-state index contributed by atoms with van der Waals surface area (Å²) in [5.41, 5.74) is 5.55. The predicted octanol–water partition coefficient (Wildman–Crippen LogP) is 2.86. The molecular formula is C14H15N3. The third-order valence-electron chi connectivity index (χ3n) is 2.96. The third-order valence-corrected chi connectivity index (χ3v) is 2.96. The maximum absolute atomic E-state index is 8.73. The van der Waals surface area contributed by atoms with Crippen LogP contribution in [-0.2, 0) is 6.42 Å². The minimum absolute atomic E-state index is 0.413. The minimum Gasteiger partial charge on any atom is -0.238 e. The molecule has 0 amide bonds. The molecule has 0 saturated carbocycles. The summed E-state index contributed by atoms with van der Waals surface area (Å²) in [4.78, 5) is 0. The van der Waals surface area contributed by atoms with E-state index in [0.29, 0.717) is 6.42 Å². The van der Waals surface area contributed by atoms with E-state index in [1.165, 1.54) is 11.1 Å². The standard InChI is InChI=1S/C14H15N3/c1-10-4-5-14(11(2)8-10)17-12(3)13(6-7-15)9-16-17/h4-5,8-9H,6H2,1-3H3. The third kappa shape index (κ3) is 2.07. The molecular weight excluding hydrogens is 210 g/mol. The zero-order valence-electron chi connectivity index (χ0n) is 10.4. The summed E-state index contributed by atoms with van der Waals surface area (Å²) in [6.07, 6.45) is 2.19. The van der Waals surface area contributed by atoms with Crippen LogP contribution in [0.15, 0.2) is 24.4 Å². The van der Waals surface area contributed by atoms with E-state index in [4.69, 9.17) is 5.26 Å². The lowest BCUT2D eigenvalue weighted by Gasteiger charge is -2.09. The van der Waals surface area contributed by atoms with E-state index in [1.807, 2.05) is 11.6 Å². The first-order valence-electron chi connectivity index (χ1n) is 5.61. The average Bonchev–Trinajstić information content (AvgIpc) is 2.62. The number of nitrogens with zero attached hydrogens (tertiary/aromatic N) is 3. The van der Waals surface area contributed by atoms with Gasteiger partial charge in [0.05, 0.1) is 24.4 Å². The van der Waals surface area contributed by atoms with Crippen LogP contribution >= 0.6 is 0 Å². The average molecular weight is 225 g/mol. The fourth-order valence-corrected chi connectivity index (χ4v) is 1.99. The molecule has 3 nitrogen and oxygen atoms in total. The number of aryl methyl sites for hydroxylation is 2. The lowest BCUT2D eigenvalue weighted by molar-refractivity contribution is 0.838. The van der Waals surface area contributed by atoms with Crippen LogP contribution in [0.3, 0.4) is 0 Å². The predicted molar refractivity (Wildman–Crippen MR) is 67.1 cm³/mol. The summed E-state index contributed by atoms with van der Waals surface area (Å²) < 4.78 is 1.90. The van der Waals surface area contributed by atoms with E-state index in [2.05, 4.69) is 43.2 Å². The van der Waals surface area contributed by atoms with Gasteiger partial charge in [-0.25, -0.2) is 4.68 Å². The summed E-state index contributed by atoms with van der Waals surface area (Å²) in [5, 5.41) is 13.1. The fourth-order valence-electron chi connectivity index (χ4n) is 1.99. The van der Waals surface area contributed by atoms with E-state index >= 15 is 0 Å². The van der Waals surface area contributed by atoms with Crippen LogP contribution < -0.4 is 0 Å². The highest BCUT2D eigenvalue weighted by Crippen LogP contribution is 2.18. The Labute approximate surface area is 101 Å². The molecule has 0 aliphatic rings. The van der Waals surface area contributed by atoms with Crippen molar-refractivity contribution in [1.82, 2.24) is 9.78 Å². The van der Waals surface area contributed by atoms with Gasteiger partial charge in [-0.15, -0.1) is 0 Å². The van der Waals surface area contributed by atoms with E-state index in [9.17, 15) is 0 Å². The molecule has 0 fully saturated rings. The molecule has 0 aliphatic carbocycles. The number of benzene rings is 1. The van der Waals surface area contributed by atoms with Crippen LogP contribution in [0, 0.1) is 32.1 Å². The fraction of sp³-hybridized carbons (Fsp3) is 0.286. The molecule has 0 spiro atoms. The molecule has 1 aromatic heterocycles. The highest BCUT2D eigenvalue weighted by molar-refractivity contribution is 5.44. The lowest BCUT2D eigenvalue weighted by Crippen LogP contribution is -2.02. The van der Waals surface area contributed by atoms with E-state index in [1.54, 1.807) is 6.20 Å². The van der Waals surface area contributed by atoms with E-state index < -0.39 is 0 Å². The number of aromatic nitrogens is 2. The van der Waals surface area contributed by atoms with Gasteiger partial charge in [-0.3, -0.25) is 0 Å². The summed E-state index contributed by atoms with van der Waals surface area (Å²) in [7, 11) is 0. The quantitative estimate of drug-likeness (QED) is 0.788. The van der Waals surface area contributed by atoms with Crippen LogP contribution in [0.1, 0.15) is 22.4 Å². The SMILES string of the molecule is Cc1ccc(-n2ncc(CC#N)c2C)c(C)c1. The molecule has 17 heavy (non-hydrogen) atoms. The number of nitriles is 1. The van der Waals surface area contributed by atoms with Gasteiger partial charge in [-0.05, 0) is 32.4 Å². The molecule has 2 rings (SSSR count). The van der Waals surface area contributed by atoms with Crippen molar-refractivity contribution in [3.05, 3.63) is 46.8 Å². The summed E-state index contributed by atoms with van der Waals surface area (Å²) in [5.74, 6) is 0. The van der Waals surface area contributed by atoms with Gasteiger partial charge in [0.15, 0.2) is 0 Å². The Bertz CT molecular complexity index is 588. The molecule has 0 radical (unpaired) electrons. The van der Waals surface area contributed by atoms with Gasteiger partial charge in [-0.1, -0.05) is 17.7 Å². The van der Waals surface area contributed by atoms with Gasteiger partial charge in [-0.2, -0.15) is 10.4 Å². The second-order valence-corrected chi connectivity index (χ2v) is 4.29. The topological polar surface area (TPSA) is 41.6 Å². The number of hydrogen-bond acceptors (Lipinski definition) is 2. The van der Waals surface area contributed by atoms with Crippen molar-refractivity contribution in [2.45, 2.75) is 27.2 Å². The molecule has 86 valence electrons. The molecule has 0 bridgehead atoms. The van der Waals surface area contributed by atoms with Crippen LogP contribution in [0.2, 0.25) is 0 Å². The monoisotopic (exact) mass is 225 g/mol. The Balaban J connectivity index is 2.50. The normalized spacial score (nSPS) is 10.2. The molecule has 0 N–H and O–H groups in total. The van der Waals surface area contributed by atoms with Gasteiger partial charge >= 0.3 is 0 Å². The molecule has 2 aromatic rings. The first-order valence-corrected chi connectivity index (χ1v) is 5.61. The van der Waals surface area contributed by atoms with Crippen molar-refractivity contribution in [2.75, 3.05) is 0 Å². The Morgan fingerprint density at radius 3 is 2.71 bits per heavy atom. The maximum Gasteiger partial charge on any atom is 0.0678 e. The van der Waals surface area contributed by atoms with Crippen molar-refractivity contribution in [3.63, 3.8) is 0 Å². The van der Waals surface area contributed by atoms with Crippen LogP contribution in [0.4, 0.5) is 0 Å². The van der Waals surface area contributed by atoms with Crippen molar-refractivity contribution in [2.24, 2.45) is 0 Å². The van der Waals surface area contributed by atoms with Crippen molar-refractivity contribution >= 4 is 0 Å². The molecule has 3 heteroatoms. The highest BCUT2D eigenvalue weighted by Gasteiger charge is 2.09. The van der Waals surface area contributed by atoms with Gasteiger partial charge in [0, 0.05) is 11.3 Å². The van der Waals surface area contributed by atoms with Crippen LogP contribution in [-0.4, -0.2) is 9.78 Å². The Morgan fingerprint density at radius 2 is 2.06 bits per heavy atom. The van der Waals surface area contributed by atoms with Gasteiger partial charge in [0.25, 0.3) is 0 Å². The van der Waals surface area contributed by atoms with Crippen LogP contribution in [0.5, 0.6) is 0 Å². The Kier molecular flexibility index (Phi) is 2.97. The van der Waals surface area contributed by atoms with Crippen LogP contribution in [0.25, 0.3) is 5.69 Å². The second-order valence-electron chi connectivity index (χ2n) is 4.29. The lowest BCUT2D eigenvalue weighted by atomic mass is 10.1. The maximum atomic E-state index is 8.73. The summed E-state index contributed by atoms with van der Waals surface area (Å²) in [6, 6.07) is 8.45. The van der Waals surface area contributed by atoms with Gasteiger partial charge in [0.1, 0.15) is 0 Å². The molecule has 0 unspecified atom stereocenters. The molecule has 1 aromatic carbocycles. The van der Waals surface area contributed by atoms with E-state index in [0.717, 1.165) is 16.9 Å². The highest BCUT2D eigenvalue weighted by atomic mass is 15.3. The van der Waals surface area contributed by atoms with E-state index in [-0.39, 0.29) is 0 Å². The summed E-state index contributed by atoms with van der Waals surface area (Å²) in [6.45, 7) is 6.15. The van der Waals surface area contributed by atoms with Crippen molar-refractivity contribution in [3.8, 4) is 11.8 Å². The largest absolute Gasteiger partial charge is 0.238 e. The number of rotatable bonds is 2. The Hall–Kier alpha value is -2.08. The first-order chi connectivity index (χ1) is 8.13. The molecule has 0 atom stereocenters. The molecule has 1 heterocycles. The second kappa shape index (κ2) is 4.42. The van der Waals surface area contributed by atoms with Crippen molar-refractivity contribution < 1.29 is 0 Å². The van der Waals surface area contributed by atoms with Crippen molar-refractivity contribution in [1.29, 1.82) is 5.26 Å². The smallest absolute Gasteiger partial charge is 0.0678 e. The Morgan fingerprint density at radius 1 is 1.29 bits per heavy atom. The number of hydrogen-bond donors (Lipinski definition) is 0.